The highest BCUT2D eigenvalue weighted by Gasteiger charge is 2.24. The van der Waals surface area contributed by atoms with Gasteiger partial charge in [0.15, 0.2) is 0 Å². The van der Waals surface area contributed by atoms with Gasteiger partial charge in [0, 0.05) is 30.7 Å². The molecule has 112 valence electrons. The average molecular weight is 307 g/mol. The Morgan fingerprint density at radius 3 is 3.00 bits per heavy atom. The first-order chi connectivity index (χ1) is 10.1. The molecule has 0 aliphatic carbocycles. The molecule has 0 bridgehead atoms. The lowest BCUT2D eigenvalue weighted by molar-refractivity contribution is 0.123. The molecule has 0 spiro atoms. The Bertz CT molecular complexity index is 615. The van der Waals surface area contributed by atoms with Crippen molar-refractivity contribution in [3.05, 3.63) is 35.2 Å². The molecule has 5 nitrogen and oxygen atoms in total. The van der Waals surface area contributed by atoms with Crippen molar-refractivity contribution in [2.45, 2.75) is 32.5 Å². The van der Waals surface area contributed by atoms with E-state index >= 15 is 0 Å². The van der Waals surface area contributed by atoms with Crippen LogP contribution in [0.1, 0.15) is 19.7 Å². The van der Waals surface area contributed by atoms with Crippen LogP contribution in [-0.4, -0.2) is 40.2 Å². The second kappa shape index (κ2) is 6.13. The standard InChI is InChI=1S/C15H19ClN4O/c1-10-8-20(11(2)7-17-10)9-14-18-15(19-21-14)12-5-3-4-6-13(12)16/h3-6,10-11,17H,7-9H2,1-2H3. The first-order valence-corrected chi connectivity index (χ1v) is 7.56. The molecular formula is C15H19ClN4O. The largest absolute Gasteiger partial charge is 0.338 e. The van der Waals surface area contributed by atoms with E-state index in [1.54, 1.807) is 0 Å². The third-order valence-corrected chi connectivity index (χ3v) is 4.14. The van der Waals surface area contributed by atoms with Crippen LogP contribution in [0, 0.1) is 0 Å². The molecule has 0 radical (unpaired) electrons. The molecule has 1 fully saturated rings. The molecule has 21 heavy (non-hydrogen) atoms. The molecule has 3 rings (SSSR count). The van der Waals surface area contributed by atoms with Gasteiger partial charge in [0.1, 0.15) is 0 Å². The summed E-state index contributed by atoms with van der Waals surface area (Å²) in [6, 6.07) is 8.46. The summed E-state index contributed by atoms with van der Waals surface area (Å²) in [5.74, 6) is 1.18. The minimum absolute atomic E-state index is 0.455. The minimum atomic E-state index is 0.455. The third-order valence-electron chi connectivity index (χ3n) is 3.81. The van der Waals surface area contributed by atoms with Gasteiger partial charge in [-0.3, -0.25) is 4.90 Å². The van der Waals surface area contributed by atoms with Crippen LogP contribution in [0.5, 0.6) is 0 Å². The third kappa shape index (κ3) is 3.26. The van der Waals surface area contributed by atoms with Crippen molar-refractivity contribution >= 4 is 11.6 Å². The van der Waals surface area contributed by atoms with Crippen molar-refractivity contribution in [1.82, 2.24) is 20.4 Å². The maximum atomic E-state index is 6.16. The molecule has 2 unspecified atom stereocenters. The Kier molecular flexibility index (Phi) is 4.24. The van der Waals surface area contributed by atoms with E-state index in [-0.39, 0.29) is 0 Å². The minimum Gasteiger partial charge on any atom is -0.338 e. The molecular weight excluding hydrogens is 288 g/mol. The van der Waals surface area contributed by atoms with Gasteiger partial charge in [-0.05, 0) is 26.0 Å². The van der Waals surface area contributed by atoms with Crippen LogP contribution in [0.3, 0.4) is 0 Å². The van der Waals surface area contributed by atoms with Crippen molar-refractivity contribution in [1.29, 1.82) is 0 Å². The number of nitrogens with zero attached hydrogens (tertiary/aromatic N) is 3. The highest BCUT2D eigenvalue weighted by Crippen LogP contribution is 2.25. The number of halogens is 1. The van der Waals surface area contributed by atoms with Gasteiger partial charge in [0.2, 0.25) is 11.7 Å². The van der Waals surface area contributed by atoms with Crippen LogP contribution in [-0.2, 0) is 6.54 Å². The van der Waals surface area contributed by atoms with Crippen molar-refractivity contribution < 1.29 is 4.52 Å². The summed E-state index contributed by atoms with van der Waals surface area (Å²) in [5, 5.41) is 8.14. The molecule has 1 aliphatic rings. The van der Waals surface area contributed by atoms with E-state index in [1.165, 1.54) is 0 Å². The monoisotopic (exact) mass is 306 g/mol. The molecule has 0 amide bonds. The SMILES string of the molecule is CC1CN(Cc2nc(-c3ccccc3Cl)no2)C(C)CN1. The molecule has 1 saturated heterocycles. The summed E-state index contributed by atoms with van der Waals surface area (Å²) in [7, 11) is 0. The molecule has 1 aromatic carbocycles. The normalized spacial score (nSPS) is 23.4. The van der Waals surface area contributed by atoms with E-state index in [4.69, 9.17) is 16.1 Å². The van der Waals surface area contributed by atoms with E-state index in [0.29, 0.717) is 35.4 Å². The van der Waals surface area contributed by atoms with Gasteiger partial charge < -0.3 is 9.84 Å². The molecule has 1 aliphatic heterocycles. The van der Waals surface area contributed by atoms with Crippen molar-refractivity contribution in [3.63, 3.8) is 0 Å². The lowest BCUT2D eigenvalue weighted by atomic mass is 10.1. The summed E-state index contributed by atoms with van der Waals surface area (Å²) in [6.07, 6.45) is 0. The van der Waals surface area contributed by atoms with Crippen molar-refractivity contribution in [2.24, 2.45) is 0 Å². The molecule has 1 aromatic heterocycles. The van der Waals surface area contributed by atoms with Crippen LogP contribution in [0.15, 0.2) is 28.8 Å². The van der Waals surface area contributed by atoms with Gasteiger partial charge in [0.05, 0.1) is 11.6 Å². The average Bonchev–Trinajstić information content (AvgIpc) is 2.92. The zero-order chi connectivity index (χ0) is 14.8. The smallest absolute Gasteiger partial charge is 0.241 e. The molecule has 1 N–H and O–H groups in total. The Morgan fingerprint density at radius 2 is 2.19 bits per heavy atom. The maximum Gasteiger partial charge on any atom is 0.241 e. The Hall–Kier alpha value is -1.43. The van der Waals surface area contributed by atoms with Gasteiger partial charge in [-0.1, -0.05) is 28.9 Å². The number of piperazine rings is 1. The van der Waals surface area contributed by atoms with Crippen LogP contribution in [0.4, 0.5) is 0 Å². The van der Waals surface area contributed by atoms with Crippen molar-refractivity contribution in [3.8, 4) is 11.4 Å². The van der Waals surface area contributed by atoms with E-state index in [1.807, 2.05) is 24.3 Å². The van der Waals surface area contributed by atoms with Crippen LogP contribution in [0.25, 0.3) is 11.4 Å². The summed E-state index contributed by atoms with van der Waals surface area (Å²) in [6.45, 7) is 7.01. The zero-order valence-electron chi connectivity index (χ0n) is 12.2. The fourth-order valence-corrected chi connectivity index (χ4v) is 2.78. The topological polar surface area (TPSA) is 54.2 Å². The molecule has 0 saturated carbocycles. The number of nitrogens with one attached hydrogen (secondary N) is 1. The second-order valence-electron chi connectivity index (χ2n) is 5.58. The summed E-state index contributed by atoms with van der Waals surface area (Å²) in [5.41, 5.74) is 0.802. The Balaban J connectivity index is 1.75. The van der Waals surface area contributed by atoms with Gasteiger partial charge in [-0.2, -0.15) is 4.98 Å². The highest BCUT2D eigenvalue weighted by molar-refractivity contribution is 6.33. The number of hydrogen-bond acceptors (Lipinski definition) is 5. The first kappa shape index (κ1) is 14.5. The summed E-state index contributed by atoms with van der Waals surface area (Å²) >= 11 is 6.16. The first-order valence-electron chi connectivity index (χ1n) is 7.18. The van der Waals surface area contributed by atoms with Gasteiger partial charge in [-0.15, -0.1) is 0 Å². The van der Waals surface area contributed by atoms with E-state index in [0.717, 1.165) is 18.7 Å². The van der Waals surface area contributed by atoms with E-state index in [2.05, 4.69) is 34.2 Å². The molecule has 2 heterocycles. The lowest BCUT2D eigenvalue weighted by Crippen LogP contribution is -2.53. The zero-order valence-corrected chi connectivity index (χ0v) is 13.0. The number of aromatic nitrogens is 2. The second-order valence-corrected chi connectivity index (χ2v) is 5.99. The molecule has 2 atom stereocenters. The fraction of sp³-hybridized carbons (Fsp3) is 0.467. The van der Waals surface area contributed by atoms with E-state index < -0.39 is 0 Å². The Labute approximate surface area is 129 Å². The maximum absolute atomic E-state index is 6.16. The quantitative estimate of drug-likeness (QED) is 0.944. The highest BCUT2D eigenvalue weighted by atomic mass is 35.5. The lowest BCUT2D eigenvalue weighted by Gasteiger charge is -2.36. The van der Waals surface area contributed by atoms with Gasteiger partial charge in [-0.25, -0.2) is 0 Å². The van der Waals surface area contributed by atoms with Gasteiger partial charge >= 0.3 is 0 Å². The molecule has 6 heteroatoms. The Morgan fingerprint density at radius 1 is 1.38 bits per heavy atom. The van der Waals surface area contributed by atoms with Crippen LogP contribution < -0.4 is 5.32 Å². The molecule has 2 aromatic rings. The van der Waals surface area contributed by atoms with Crippen LogP contribution in [0.2, 0.25) is 5.02 Å². The summed E-state index contributed by atoms with van der Waals surface area (Å²) < 4.78 is 5.38. The number of hydrogen-bond donors (Lipinski definition) is 1. The van der Waals surface area contributed by atoms with Crippen LogP contribution >= 0.6 is 11.6 Å². The number of rotatable bonds is 3. The van der Waals surface area contributed by atoms with Gasteiger partial charge in [0.25, 0.3) is 0 Å². The number of benzene rings is 1. The summed E-state index contributed by atoms with van der Waals surface area (Å²) in [4.78, 5) is 6.82. The predicted octanol–water partition coefficient (Wildman–Crippen LogP) is 2.57. The van der Waals surface area contributed by atoms with Crippen molar-refractivity contribution in [2.75, 3.05) is 13.1 Å². The predicted molar refractivity (Wildman–Crippen MR) is 82.1 cm³/mol. The fourth-order valence-electron chi connectivity index (χ4n) is 2.56. The van der Waals surface area contributed by atoms with E-state index in [9.17, 15) is 0 Å².